The first-order chi connectivity index (χ1) is 18.5. The predicted octanol–water partition coefficient (Wildman–Crippen LogP) is 1.29. The molecule has 4 heterocycles. The average Bonchev–Trinajstić information content (AvgIpc) is 3.68. The van der Waals surface area contributed by atoms with Crippen molar-refractivity contribution in [2.24, 2.45) is 11.8 Å². The molecule has 11 heteroatoms. The lowest BCUT2D eigenvalue weighted by molar-refractivity contribution is -0.141. The fourth-order valence-electron chi connectivity index (χ4n) is 6.42. The minimum atomic E-state index is -1.08. The van der Waals surface area contributed by atoms with Gasteiger partial charge in [-0.3, -0.25) is 14.4 Å². The van der Waals surface area contributed by atoms with Gasteiger partial charge in [0.1, 0.15) is 23.8 Å². The number of aliphatic hydroxyl groups excluding tert-OH is 1. The first-order valence-electron chi connectivity index (χ1n) is 13.0. The maximum absolute atomic E-state index is 13.9. The number of nitrogens with zero attached hydrogens (tertiary/aromatic N) is 4. The van der Waals surface area contributed by atoms with E-state index in [9.17, 15) is 19.5 Å². The fourth-order valence-corrected chi connectivity index (χ4v) is 6.42. The van der Waals surface area contributed by atoms with Crippen molar-refractivity contribution in [3.05, 3.63) is 54.6 Å². The molecule has 38 heavy (non-hydrogen) atoms. The third-order valence-electron chi connectivity index (χ3n) is 8.02. The number of ether oxygens (including phenoxy) is 1. The molecule has 3 N–H and O–H groups in total. The molecule has 0 saturated carbocycles. The fraction of sp³-hybridized carbons (Fsp3) is 0.444. The zero-order valence-corrected chi connectivity index (χ0v) is 20.8. The van der Waals surface area contributed by atoms with Crippen LogP contribution in [-0.2, 0) is 25.8 Å². The summed E-state index contributed by atoms with van der Waals surface area (Å²) in [6, 6.07) is 15.7. The summed E-state index contributed by atoms with van der Waals surface area (Å²) < 4.78 is 8.03. The Kier molecular flexibility index (Phi) is 6.32. The molecule has 198 valence electrons. The van der Waals surface area contributed by atoms with E-state index in [-0.39, 0.29) is 31.0 Å². The number of para-hydroxylation sites is 2. The van der Waals surface area contributed by atoms with Gasteiger partial charge in [-0.25, -0.2) is 4.68 Å². The van der Waals surface area contributed by atoms with Crippen molar-refractivity contribution in [3.63, 3.8) is 0 Å². The highest BCUT2D eigenvalue weighted by Crippen LogP contribution is 2.58. The van der Waals surface area contributed by atoms with E-state index in [1.807, 2.05) is 42.5 Å². The number of aromatic nitrogens is 3. The molecule has 3 fully saturated rings. The molecule has 6 rings (SSSR count). The Hall–Kier alpha value is -3.83. The molecule has 3 amide bonds. The number of amides is 3. The lowest BCUT2D eigenvalue weighted by Crippen LogP contribution is -2.55. The first kappa shape index (κ1) is 24.5. The van der Waals surface area contributed by atoms with Crippen molar-refractivity contribution in [3.8, 4) is 0 Å². The van der Waals surface area contributed by atoms with Gasteiger partial charge >= 0.3 is 0 Å². The number of rotatable bonds is 9. The summed E-state index contributed by atoms with van der Waals surface area (Å²) in [5.41, 5.74) is 1.07. The van der Waals surface area contributed by atoms with Crippen molar-refractivity contribution >= 4 is 34.4 Å². The number of nitrogens with one attached hydrogen (secondary N) is 2. The highest BCUT2D eigenvalue weighted by molar-refractivity contribution is 6.02. The van der Waals surface area contributed by atoms with Crippen LogP contribution in [0.4, 0.5) is 5.69 Å². The van der Waals surface area contributed by atoms with E-state index in [1.165, 1.54) is 0 Å². The monoisotopic (exact) mass is 518 g/mol. The van der Waals surface area contributed by atoms with Gasteiger partial charge in [0.05, 0.1) is 23.5 Å². The van der Waals surface area contributed by atoms with Crippen LogP contribution in [0.1, 0.15) is 25.7 Å². The van der Waals surface area contributed by atoms with Gasteiger partial charge < -0.3 is 25.4 Å². The van der Waals surface area contributed by atoms with Gasteiger partial charge in [-0.15, -0.1) is 5.10 Å². The Balaban J connectivity index is 1.27. The molecule has 2 bridgehead atoms. The summed E-state index contributed by atoms with van der Waals surface area (Å²) in [4.78, 5) is 42.6. The molecule has 2 unspecified atom stereocenters. The number of unbranched alkanes of at least 4 members (excludes halogenated alkanes) is 1. The zero-order chi connectivity index (χ0) is 26.3. The topological polar surface area (TPSA) is 139 Å². The second-order valence-electron chi connectivity index (χ2n) is 10.2. The van der Waals surface area contributed by atoms with Crippen molar-refractivity contribution in [1.82, 2.24) is 25.2 Å². The number of hydrogen-bond acceptors (Lipinski definition) is 7. The number of carbonyl (C=O) groups is 3. The smallest absolute Gasteiger partial charge is 0.247 e. The second-order valence-corrected chi connectivity index (χ2v) is 10.2. The molecule has 3 aromatic rings. The summed E-state index contributed by atoms with van der Waals surface area (Å²) in [7, 11) is 0. The highest BCUT2D eigenvalue weighted by Gasteiger charge is 2.74. The maximum atomic E-state index is 13.9. The summed E-state index contributed by atoms with van der Waals surface area (Å²) >= 11 is 0. The van der Waals surface area contributed by atoms with Gasteiger partial charge in [-0.1, -0.05) is 35.5 Å². The van der Waals surface area contributed by atoms with E-state index in [1.54, 1.807) is 21.7 Å². The van der Waals surface area contributed by atoms with Crippen LogP contribution in [0.15, 0.2) is 54.6 Å². The third kappa shape index (κ3) is 3.93. The van der Waals surface area contributed by atoms with Crippen molar-refractivity contribution in [1.29, 1.82) is 0 Å². The summed E-state index contributed by atoms with van der Waals surface area (Å²) in [5, 5.41) is 23.4. The van der Waals surface area contributed by atoms with Crippen molar-refractivity contribution in [2.75, 3.05) is 18.5 Å². The molecule has 1 spiro atoms. The zero-order valence-electron chi connectivity index (χ0n) is 20.8. The molecule has 11 nitrogen and oxygen atoms in total. The molecule has 3 saturated heterocycles. The Morgan fingerprint density at radius 2 is 1.87 bits per heavy atom. The number of anilines is 1. The van der Waals surface area contributed by atoms with Gasteiger partial charge in [0, 0.05) is 18.8 Å². The average molecular weight is 519 g/mol. The van der Waals surface area contributed by atoms with Crippen molar-refractivity contribution in [2.45, 2.75) is 50.1 Å². The molecule has 3 aliphatic rings. The molecule has 5 atom stereocenters. The molecular formula is C27H30N6O5. The number of carbonyl (C=O) groups excluding carboxylic acids is 3. The van der Waals surface area contributed by atoms with Crippen LogP contribution in [0.2, 0.25) is 0 Å². The van der Waals surface area contributed by atoms with E-state index >= 15 is 0 Å². The molecule has 0 aliphatic carbocycles. The lowest BCUT2D eigenvalue weighted by Gasteiger charge is -2.33. The first-order valence-corrected chi connectivity index (χ1v) is 13.0. The maximum Gasteiger partial charge on any atom is 0.247 e. The van der Waals surface area contributed by atoms with Crippen LogP contribution in [0.25, 0.3) is 11.0 Å². The molecule has 1 aromatic heterocycles. The quantitative estimate of drug-likeness (QED) is 0.363. The molecule has 0 radical (unpaired) electrons. The van der Waals surface area contributed by atoms with E-state index in [0.29, 0.717) is 43.4 Å². The van der Waals surface area contributed by atoms with Crippen LogP contribution in [-0.4, -0.2) is 73.6 Å². The normalized spacial score (nSPS) is 27.6. The van der Waals surface area contributed by atoms with E-state index in [0.717, 1.165) is 5.52 Å². The van der Waals surface area contributed by atoms with Crippen LogP contribution < -0.4 is 10.6 Å². The van der Waals surface area contributed by atoms with Crippen LogP contribution in [0, 0.1) is 11.8 Å². The van der Waals surface area contributed by atoms with Gasteiger partial charge in [0.2, 0.25) is 17.7 Å². The van der Waals surface area contributed by atoms with E-state index in [4.69, 9.17) is 4.74 Å². The van der Waals surface area contributed by atoms with Gasteiger partial charge in [0.15, 0.2) is 0 Å². The number of fused-ring (bicyclic) bond motifs is 2. The van der Waals surface area contributed by atoms with E-state index < -0.39 is 29.6 Å². The van der Waals surface area contributed by atoms with Gasteiger partial charge in [-0.2, -0.15) is 0 Å². The van der Waals surface area contributed by atoms with Crippen molar-refractivity contribution < 1.29 is 24.2 Å². The Morgan fingerprint density at radius 3 is 2.68 bits per heavy atom. The van der Waals surface area contributed by atoms with E-state index in [2.05, 4.69) is 20.9 Å². The minimum absolute atomic E-state index is 0.00643. The van der Waals surface area contributed by atoms with Crippen LogP contribution in [0.5, 0.6) is 0 Å². The number of benzene rings is 2. The lowest BCUT2D eigenvalue weighted by atomic mass is 9.70. The van der Waals surface area contributed by atoms with Crippen LogP contribution >= 0.6 is 0 Å². The van der Waals surface area contributed by atoms with Gasteiger partial charge in [0.25, 0.3) is 0 Å². The highest BCUT2D eigenvalue weighted by atomic mass is 16.5. The number of aliphatic hydroxyl groups is 1. The Labute approximate surface area is 219 Å². The standard InChI is InChI=1S/C27H30N6O5/c34-15-7-6-14-32-23(25(36)28-16-33-19-11-5-4-10-18(19)30-31-33)27-13-12-20(38-27)21(22(27)26(32)37)24(35)29-17-8-2-1-3-9-17/h1-5,8-11,20-23,34H,6-7,12-16H2,(H,28,36)(H,29,35)/t20-,21+,22+,23?,27?/m1/s1. The predicted molar refractivity (Wildman–Crippen MR) is 136 cm³/mol. The summed E-state index contributed by atoms with van der Waals surface area (Å²) in [6.45, 7) is 0.368. The Morgan fingerprint density at radius 1 is 1.08 bits per heavy atom. The molecular weight excluding hydrogens is 488 g/mol. The Bertz CT molecular complexity index is 1360. The van der Waals surface area contributed by atoms with Gasteiger partial charge in [-0.05, 0) is 49.9 Å². The number of hydrogen-bond donors (Lipinski definition) is 3. The second kappa shape index (κ2) is 9.80. The molecule has 3 aliphatic heterocycles. The number of likely N-dealkylation sites (tertiary alicyclic amines) is 1. The van der Waals surface area contributed by atoms with Crippen LogP contribution in [0.3, 0.4) is 0 Å². The SMILES string of the molecule is O=C(NCn1nnc2ccccc21)C1N(CCCCO)C(=O)[C@@H]2[C@@H](C(=O)Nc3ccccc3)[C@H]3CCC12O3. The summed E-state index contributed by atoms with van der Waals surface area (Å²) in [5.74, 6) is -2.30. The largest absolute Gasteiger partial charge is 0.396 e. The molecule has 2 aromatic carbocycles. The third-order valence-corrected chi connectivity index (χ3v) is 8.02. The minimum Gasteiger partial charge on any atom is -0.396 e. The summed E-state index contributed by atoms with van der Waals surface area (Å²) in [6.07, 6.45) is 1.72.